The predicted molar refractivity (Wildman–Crippen MR) is 51.9 cm³/mol. The van der Waals surface area contributed by atoms with Crippen molar-refractivity contribution in [2.75, 3.05) is 7.11 Å². The van der Waals surface area contributed by atoms with Crippen LogP contribution in [0.5, 0.6) is 5.75 Å². The van der Waals surface area contributed by atoms with Crippen molar-refractivity contribution in [2.45, 2.75) is 20.2 Å². The standard InChI is InChI=1S/C10H13BO/c1-7-4-9(6-11)5-8(2)10(7)12-3/h4-5H,6H2,1-3H3. The Balaban J connectivity index is 3.18. The molecule has 0 aliphatic rings. The molecule has 1 nitrogen and oxygen atoms in total. The zero-order valence-electron chi connectivity index (χ0n) is 7.85. The summed E-state index contributed by atoms with van der Waals surface area (Å²) in [5.41, 5.74) is 3.46. The first-order chi connectivity index (χ1) is 5.69. The normalized spacial score (nSPS) is 9.92. The van der Waals surface area contributed by atoms with Gasteiger partial charge in [0.1, 0.15) is 5.75 Å². The lowest BCUT2D eigenvalue weighted by Crippen LogP contribution is -1.94. The molecule has 0 aromatic heterocycles. The lowest BCUT2D eigenvalue weighted by Gasteiger charge is -2.09. The molecule has 1 aromatic rings. The maximum absolute atomic E-state index is 5.54. The van der Waals surface area contributed by atoms with Gasteiger partial charge in [-0.25, -0.2) is 0 Å². The third kappa shape index (κ3) is 1.63. The molecule has 0 N–H and O–H groups in total. The first-order valence-electron chi connectivity index (χ1n) is 4.03. The zero-order valence-corrected chi connectivity index (χ0v) is 7.85. The maximum Gasteiger partial charge on any atom is 0.124 e. The average molecular weight is 160 g/mol. The van der Waals surface area contributed by atoms with E-state index in [9.17, 15) is 0 Å². The topological polar surface area (TPSA) is 9.23 Å². The molecule has 0 heterocycles. The van der Waals surface area contributed by atoms with Gasteiger partial charge in [0.15, 0.2) is 0 Å². The van der Waals surface area contributed by atoms with Crippen LogP contribution in [0.1, 0.15) is 16.7 Å². The van der Waals surface area contributed by atoms with E-state index in [4.69, 9.17) is 12.6 Å². The average Bonchev–Trinajstić information content (AvgIpc) is 2.03. The second-order valence-electron chi connectivity index (χ2n) is 2.97. The molecule has 12 heavy (non-hydrogen) atoms. The van der Waals surface area contributed by atoms with Gasteiger partial charge in [0.2, 0.25) is 0 Å². The third-order valence-corrected chi connectivity index (χ3v) is 1.96. The highest BCUT2D eigenvalue weighted by atomic mass is 16.5. The number of hydrogen-bond acceptors (Lipinski definition) is 1. The van der Waals surface area contributed by atoms with E-state index in [0.717, 1.165) is 22.4 Å². The van der Waals surface area contributed by atoms with E-state index in [1.807, 2.05) is 13.8 Å². The summed E-state index contributed by atoms with van der Waals surface area (Å²) in [4.78, 5) is 0. The molecule has 2 radical (unpaired) electrons. The van der Waals surface area contributed by atoms with E-state index >= 15 is 0 Å². The highest BCUT2D eigenvalue weighted by Gasteiger charge is 2.03. The minimum atomic E-state index is 0.589. The summed E-state index contributed by atoms with van der Waals surface area (Å²) < 4.78 is 5.23. The highest BCUT2D eigenvalue weighted by molar-refractivity contribution is 6.08. The van der Waals surface area contributed by atoms with Crippen molar-refractivity contribution in [1.29, 1.82) is 0 Å². The van der Waals surface area contributed by atoms with Crippen molar-refractivity contribution < 1.29 is 4.74 Å². The molecule has 0 unspecified atom stereocenters. The van der Waals surface area contributed by atoms with Gasteiger partial charge in [0.05, 0.1) is 15.0 Å². The van der Waals surface area contributed by atoms with Crippen LogP contribution in [0.4, 0.5) is 0 Å². The summed E-state index contributed by atoms with van der Waals surface area (Å²) in [7, 11) is 7.23. The maximum atomic E-state index is 5.54. The fourth-order valence-electron chi connectivity index (χ4n) is 1.48. The Kier molecular flexibility index (Phi) is 2.80. The Morgan fingerprint density at radius 2 is 1.75 bits per heavy atom. The fraction of sp³-hybridized carbons (Fsp3) is 0.400. The van der Waals surface area contributed by atoms with Crippen LogP contribution in [-0.2, 0) is 6.32 Å². The predicted octanol–water partition coefficient (Wildman–Crippen LogP) is 1.98. The number of rotatable bonds is 2. The number of methoxy groups -OCH3 is 1. The lowest BCUT2D eigenvalue weighted by atomic mass is 9.94. The first-order valence-corrected chi connectivity index (χ1v) is 4.03. The molecule has 0 amide bonds. The minimum Gasteiger partial charge on any atom is -0.496 e. The Hall–Kier alpha value is -0.915. The summed E-state index contributed by atoms with van der Waals surface area (Å²) in [5, 5.41) is 0. The SMILES string of the molecule is [B]Cc1cc(C)c(OC)c(C)c1. The van der Waals surface area contributed by atoms with Crippen molar-refractivity contribution in [3.63, 3.8) is 0 Å². The van der Waals surface area contributed by atoms with Crippen molar-refractivity contribution in [3.8, 4) is 5.75 Å². The number of hydrogen-bond donors (Lipinski definition) is 0. The Bertz CT molecular complexity index is 258. The summed E-state index contributed by atoms with van der Waals surface area (Å²) in [5.74, 6) is 0.965. The summed E-state index contributed by atoms with van der Waals surface area (Å²) >= 11 is 0. The Morgan fingerprint density at radius 3 is 2.08 bits per heavy atom. The van der Waals surface area contributed by atoms with E-state index in [-0.39, 0.29) is 0 Å². The Morgan fingerprint density at radius 1 is 1.25 bits per heavy atom. The van der Waals surface area contributed by atoms with E-state index in [1.54, 1.807) is 7.11 Å². The van der Waals surface area contributed by atoms with Crippen LogP contribution < -0.4 is 4.74 Å². The van der Waals surface area contributed by atoms with Crippen molar-refractivity contribution in [1.82, 2.24) is 0 Å². The van der Waals surface area contributed by atoms with E-state index in [0.29, 0.717) is 6.32 Å². The van der Waals surface area contributed by atoms with Crippen molar-refractivity contribution in [2.24, 2.45) is 0 Å². The van der Waals surface area contributed by atoms with E-state index < -0.39 is 0 Å². The second kappa shape index (κ2) is 3.66. The molecule has 0 saturated carbocycles. The van der Waals surface area contributed by atoms with Gasteiger partial charge < -0.3 is 4.74 Å². The molecule has 1 aromatic carbocycles. The van der Waals surface area contributed by atoms with Gasteiger partial charge in [0, 0.05) is 0 Å². The van der Waals surface area contributed by atoms with Gasteiger partial charge in [-0.1, -0.05) is 24.0 Å². The summed E-state index contributed by atoms with van der Waals surface area (Å²) in [6.45, 7) is 4.07. The van der Waals surface area contributed by atoms with Gasteiger partial charge in [0.25, 0.3) is 0 Å². The van der Waals surface area contributed by atoms with Gasteiger partial charge in [-0.15, -0.1) is 0 Å². The van der Waals surface area contributed by atoms with Crippen molar-refractivity contribution in [3.05, 3.63) is 28.8 Å². The molecule has 0 atom stereocenters. The van der Waals surface area contributed by atoms with Crippen LogP contribution in [0, 0.1) is 13.8 Å². The largest absolute Gasteiger partial charge is 0.496 e. The molecule has 0 saturated heterocycles. The van der Waals surface area contributed by atoms with Gasteiger partial charge in [-0.3, -0.25) is 0 Å². The first kappa shape index (κ1) is 9.18. The van der Waals surface area contributed by atoms with E-state index in [2.05, 4.69) is 12.1 Å². The van der Waals surface area contributed by atoms with Crippen molar-refractivity contribution >= 4 is 7.85 Å². The molecule has 62 valence electrons. The Labute approximate surface area is 75.2 Å². The van der Waals surface area contributed by atoms with Crippen LogP contribution >= 0.6 is 0 Å². The second-order valence-corrected chi connectivity index (χ2v) is 2.97. The molecule has 0 fully saturated rings. The smallest absolute Gasteiger partial charge is 0.124 e. The lowest BCUT2D eigenvalue weighted by molar-refractivity contribution is 0.408. The highest BCUT2D eigenvalue weighted by Crippen LogP contribution is 2.23. The molecule has 0 bridgehead atoms. The van der Waals surface area contributed by atoms with Gasteiger partial charge in [-0.05, 0) is 25.0 Å². The van der Waals surface area contributed by atoms with Crippen LogP contribution in [0.3, 0.4) is 0 Å². The van der Waals surface area contributed by atoms with Crippen LogP contribution in [0.2, 0.25) is 0 Å². The molecule has 1 rings (SSSR count). The number of aryl methyl sites for hydroxylation is 2. The molecule has 2 heteroatoms. The molecular formula is C10H13BO. The zero-order chi connectivity index (χ0) is 9.14. The third-order valence-electron chi connectivity index (χ3n) is 1.96. The molecular weight excluding hydrogens is 147 g/mol. The number of benzene rings is 1. The van der Waals surface area contributed by atoms with Crippen LogP contribution in [0.15, 0.2) is 12.1 Å². The van der Waals surface area contributed by atoms with Crippen LogP contribution in [0.25, 0.3) is 0 Å². The minimum absolute atomic E-state index is 0.589. The fourth-order valence-corrected chi connectivity index (χ4v) is 1.48. The monoisotopic (exact) mass is 160 g/mol. The summed E-state index contributed by atoms with van der Waals surface area (Å²) in [6, 6.07) is 4.12. The number of ether oxygens (including phenoxy) is 1. The summed E-state index contributed by atoms with van der Waals surface area (Å²) in [6.07, 6.45) is 0.589. The van der Waals surface area contributed by atoms with Crippen LogP contribution in [-0.4, -0.2) is 15.0 Å². The van der Waals surface area contributed by atoms with Gasteiger partial charge >= 0.3 is 0 Å². The molecule has 0 aliphatic heterocycles. The van der Waals surface area contributed by atoms with Gasteiger partial charge in [-0.2, -0.15) is 0 Å². The molecule has 0 aliphatic carbocycles. The quantitative estimate of drug-likeness (QED) is 0.601. The molecule has 0 spiro atoms. The van der Waals surface area contributed by atoms with E-state index in [1.165, 1.54) is 0 Å².